The van der Waals surface area contributed by atoms with Crippen molar-refractivity contribution in [3.8, 4) is 11.5 Å². The van der Waals surface area contributed by atoms with Gasteiger partial charge in [0.25, 0.3) is 11.8 Å². The minimum absolute atomic E-state index is 0.200. The Kier molecular flexibility index (Phi) is 5.69. The number of methoxy groups -OCH3 is 2. The molecular formula is C26H24N2O4. The molecule has 0 saturated heterocycles. The first-order valence-corrected chi connectivity index (χ1v) is 10.2. The second-order valence-corrected chi connectivity index (χ2v) is 7.47. The Morgan fingerprint density at radius 2 is 1.50 bits per heavy atom. The standard InChI is InChI=1S/C26H24N2O4/c1-16-8-7-10-21(17(16)2)28-25(29)23(20-9-5-6-11-22(20)32-4)24(26(28)30)27-18-12-14-19(31-3)15-13-18/h5-15,27H,1-4H3. The molecule has 3 aromatic carbocycles. The highest BCUT2D eigenvalue weighted by Gasteiger charge is 2.41. The number of benzene rings is 3. The Bertz CT molecular complexity index is 1230. The lowest BCUT2D eigenvalue weighted by Crippen LogP contribution is -2.33. The molecule has 162 valence electrons. The molecule has 0 unspecified atom stereocenters. The summed E-state index contributed by atoms with van der Waals surface area (Å²) in [4.78, 5) is 28.5. The van der Waals surface area contributed by atoms with E-state index in [-0.39, 0.29) is 11.3 Å². The van der Waals surface area contributed by atoms with E-state index < -0.39 is 11.8 Å². The van der Waals surface area contributed by atoms with Gasteiger partial charge in [-0.25, -0.2) is 4.90 Å². The number of para-hydroxylation sites is 1. The summed E-state index contributed by atoms with van der Waals surface area (Å²) in [7, 11) is 3.13. The maximum absolute atomic E-state index is 13.7. The van der Waals surface area contributed by atoms with Gasteiger partial charge in [-0.15, -0.1) is 0 Å². The summed E-state index contributed by atoms with van der Waals surface area (Å²) >= 11 is 0. The number of hydrogen-bond donors (Lipinski definition) is 1. The molecule has 6 heteroatoms. The first-order chi connectivity index (χ1) is 15.5. The Hall–Kier alpha value is -4.06. The predicted octanol–water partition coefficient (Wildman–Crippen LogP) is 4.72. The molecule has 0 fully saturated rings. The average Bonchev–Trinajstić information content (AvgIpc) is 3.05. The predicted molar refractivity (Wildman–Crippen MR) is 125 cm³/mol. The zero-order valence-electron chi connectivity index (χ0n) is 18.4. The molecule has 1 heterocycles. The summed E-state index contributed by atoms with van der Waals surface area (Å²) in [6, 6.07) is 19.9. The Morgan fingerprint density at radius 3 is 2.19 bits per heavy atom. The minimum Gasteiger partial charge on any atom is -0.497 e. The van der Waals surface area contributed by atoms with Crippen molar-refractivity contribution in [3.05, 3.63) is 89.1 Å². The van der Waals surface area contributed by atoms with Crippen LogP contribution < -0.4 is 19.7 Å². The van der Waals surface area contributed by atoms with E-state index in [0.29, 0.717) is 28.4 Å². The Labute approximate surface area is 187 Å². The number of hydrogen-bond acceptors (Lipinski definition) is 5. The van der Waals surface area contributed by atoms with Crippen LogP contribution in [0.5, 0.6) is 11.5 Å². The number of nitrogens with one attached hydrogen (secondary N) is 1. The summed E-state index contributed by atoms with van der Waals surface area (Å²) in [5.41, 5.74) is 4.13. The molecule has 0 radical (unpaired) electrons. The second kappa shape index (κ2) is 8.59. The summed E-state index contributed by atoms with van der Waals surface area (Å²) in [6.07, 6.45) is 0. The van der Waals surface area contributed by atoms with Crippen LogP contribution in [0, 0.1) is 13.8 Å². The van der Waals surface area contributed by atoms with Crippen molar-refractivity contribution in [1.82, 2.24) is 0 Å². The van der Waals surface area contributed by atoms with E-state index in [1.807, 2.05) is 38.1 Å². The molecule has 6 nitrogen and oxygen atoms in total. The van der Waals surface area contributed by atoms with Crippen molar-refractivity contribution in [1.29, 1.82) is 0 Å². The van der Waals surface area contributed by atoms with Gasteiger partial charge in [0, 0.05) is 11.3 Å². The smallest absolute Gasteiger partial charge is 0.282 e. The molecule has 0 saturated carbocycles. The number of rotatable bonds is 6. The van der Waals surface area contributed by atoms with Crippen molar-refractivity contribution in [2.24, 2.45) is 0 Å². The lowest BCUT2D eigenvalue weighted by molar-refractivity contribution is -0.120. The van der Waals surface area contributed by atoms with Crippen molar-refractivity contribution < 1.29 is 19.1 Å². The quantitative estimate of drug-likeness (QED) is 0.576. The molecule has 0 atom stereocenters. The highest BCUT2D eigenvalue weighted by molar-refractivity contribution is 6.46. The lowest BCUT2D eigenvalue weighted by atomic mass is 10.0. The Balaban J connectivity index is 1.86. The van der Waals surface area contributed by atoms with Gasteiger partial charge >= 0.3 is 0 Å². The van der Waals surface area contributed by atoms with Crippen LogP contribution in [0.2, 0.25) is 0 Å². The van der Waals surface area contributed by atoms with Gasteiger partial charge in [-0.05, 0) is 61.4 Å². The van der Waals surface area contributed by atoms with Crippen molar-refractivity contribution >= 4 is 28.8 Å². The van der Waals surface area contributed by atoms with E-state index in [0.717, 1.165) is 11.1 Å². The maximum Gasteiger partial charge on any atom is 0.282 e. The molecule has 0 spiro atoms. The van der Waals surface area contributed by atoms with Crippen LogP contribution in [0.25, 0.3) is 5.57 Å². The monoisotopic (exact) mass is 428 g/mol. The van der Waals surface area contributed by atoms with Crippen LogP contribution in [0.4, 0.5) is 11.4 Å². The van der Waals surface area contributed by atoms with E-state index in [2.05, 4.69) is 5.32 Å². The average molecular weight is 428 g/mol. The highest BCUT2D eigenvalue weighted by Crippen LogP contribution is 2.38. The second-order valence-electron chi connectivity index (χ2n) is 7.47. The van der Waals surface area contributed by atoms with Gasteiger partial charge in [0.15, 0.2) is 0 Å². The SMILES string of the molecule is COc1ccc(NC2=C(c3ccccc3OC)C(=O)N(c3cccc(C)c3C)C2=O)cc1. The molecule has 1 aliphatic rings. The maximum atomic E-state index is 13.7. The number of ether oxygens (including phenoxy) is 2. The van der Waals surface area contributed by atoms with Crippen LogP contribution in [0.3, 0.4) is 0 Å². The topological polar surface area (TPSA) is 67.9 Å². The zero-order chi connectivity index (χ0) is 22.8. The summed E-state index contributed by atoms with van der Waals surface area (Å²) < 4.78 is 10.7. The van der Waals surface area contributed by atoms with E-state index in [4.69, 9.17) is 9.47 Å². The third-order valence-corrected chi connectivity index (χ3v) is 5.64. The fourth-order valence-corrected chi connectivity index (χ4v) is 3.76. The normalized spacial score (nSPS) is 13.6. The van der Waals surface area contributed by atoms with Gasteiger partial charge in [0.1, 0.15) is 17.2 Å². The van der Waals surface area contributed by atoms with Gasteiger partial charge < -0.3 is 14.8 Å². The van der Waals surface area contributed by atoms with Crippen LogP contribution in [-0.2, 0) is 9.59 Å². The molecular weight excluding hydrogens is 404 g/mol. The van der Waals surface area contributed by atoms with Gasteiger partial charge in [0.05, 0.1) is 25.5 Å². The Morgan fingerprint density at radius 1 is 0.781 bits per heavy atom. The van der Waals surface area contributed by atoms with Gasteiger partial charge in [0.2, 0.25) is 0 Å². The molecule has 4 rings (SSSR count). The number of imide groups is 1. The molecule has 1 aliphatic heterocycles. The van der Waals surface area contributed by atoms with Crippen molar-refractivity contribution in [2.75, 3.05) is 24.4 Å². The van der Waals surface area contributed by atoms with E-state index >= 15 is 0 Å². The minimum atomic E-state index is -0.416. The van der Waals surface area contributed by atoms with E-state index in [9.17, 15) is 9.59 Å². The molecule has 0 bridgehead atoms. The largest absolute Gasteiger partial charge is 0.497 e. The van der Waals surface area contributed by atoms with Crippen molar-refractivity contribution in [3.63, 3.8) is 0 Å². The van der Waals surface area contributed by atoms with Crippen LogP contribution >= 0.6 is 0 Å². The van der Waals surface area contributed by atoms with Crippen LogP contribution in [-0.4, -0.2) is 26.0 Å². The third kappa shape index (κ3) is 3.60. The number of amides is 2. The molecule has 32 heavy (non-hydrogen) atoms. The summed E-state index contributed by atoms with van der Waals surface area (Å²) in [5, 5.41) is 3.16. The van der Waals surface area contributed by atoms with Crippen molar-refractivity contribution in [2.45, 2.75) is 13.8 Å². The lowest BCUT2D eigenvalue weighted by Gasteiger charge is -2.19. The number of anilines is 2. The molecule has 0 aliphatic carbocycles. The fraction of sp³-hybridized carbons (Fsp3) is 0.154. The fourth-order valence-electron chi connectivity index (χ4n) is 3.76. The van der Waals surface area contributed by atoms with E-state index in [1.165, 1.54) is 4.90 Å². The number of carbonyl (C=O) groups is 2. The zero-order valence-corrected chi connectivity index (χ0v) is 18.4. The summed E-state index contributed by atoms with van der Waals surface area (Å²) in [5.74, 6) is 0.394. The summed E-state index contributed by atoms with van der Waals surface area (Å²) in [6.45, 7) is 3.86. The molecule has 0 aromatic heterocycles. The van der Waals surface area contributed by atoms with Crippen LogP contribution in [0.15, 0.2) is 72.4 Å². The van der Waals surface area contributed by atoms with Gasteiger partial charge in [-0.3, -0.25) is 9.59 Å². The first-order valence-electron chi connectivity index (χ1n) is 10.2. The number of carbonyl (C=O) groups excluding carboxylic acids is 2. The number of nitrogens with zero attached hydrogens (tertiary/aromatic N) is 1. The van der Waals surface area contributed by atoms with E-state index in [1.54, 1.807) is 56.7 Å². The first kappa shape index (κ1) is 21.2. The van der Waals surface area contributed by atoms with Crippen LogP contribution in [0.1, 0.15) is 16.7 Å². The highest BCUT2D eigenvalue weighted by atomic mass is 16.5. The molecule has 1 N–H and O–H groups in total. The van der Waals surface area contributed by atoms with Gasteiger partial charge in [-0.1, -0.05) is 30.3 Å². The molecule has 2 amide bonds. The molecule has 3 aromatic rings. The van der Waals surface area contributed by atoms with Gasteiger partial charge in [-0.2, -0.15) is 0 Å². The number of aryl methyl sites for hydroxylation is 1. The third-order valence-electron chi connectivity index (χ3n) is 5.64.